The molecule has 1 aromatic heterocycles. The Morgan fingerprint density at radius 2 is 1.45 bits per heavy atom. The Balaban J connectivity index is 1.36. The number of nitrogens with zero attached hydrogens (tertiary/aromatic N) is 3. The number of aryl methyl sites for hydroxylation is 1. The maximum absolute atomic E-state index is 13.1. The number of Topliss-reactive ketones (excluding diaryl/α,β-unsaturated/α-hetero) is 1. The molecule has 2 aromatic carbocycles. The standard InChI is InChI=1S/C26H29N3O2/c1-20-17-24(21(2)29(20)18-22-9-5-3-6-10-22)25(30)19-27-13-15-28(16-14-27)26(31)23-11-7-4-8-12-23/h3-12,17H,13-16,18-19H2,1-2H3. The molecule has 0 saturated carbocycles. The molecule has 5 nitrogen and oxygen atoms in total. The van der Waals surface area contributed by atoms with E-state index in [-0.39, 0.29) is 11.7 Å². The van der Waals surface area contributed by atoms with E-state index in [1.165, 1.54) is 5.56 Å². The first kappa shape index (κ1) is 21.1. The Morgan fingerprint density at radius 3 is 2.10 bits per heavy atom. The summed E-state index contributed by atoms with van der Waals surface area (Å²) in [5.74, 6) is 0.214. The van der Waals surface area contributed by atoms with Gasteiger partial charge in [-0.05, 0) is 37.6 Å². The molecule has 1 saturated heterocycles. The van der Waals surface area contributed by atoms with Gasteiger partial charge in [0, 0.05) is 55.2 Å². The van der Waals surface area contributed by atoms with Crippen LogP contribution in [0.15, 0.2) is 66.7 Å². The summed E-state index contributed by atoms with van der Waals surface area (Å²) in [4.78, 5) is 29.7. The number of aromatic nitrogens is 1. The van der Waals surface area contributed by atoms with Gasteiger partial charge in [-0.2, -0.15) is 0 Å². The van der Waals surface area contributed by atoms with Crippen LogP contribution in [0.4, 0.5) is 0 Å². The Labute approximate surface area is 183 Å². The van der Waals surface area contributed by atoms with Gasteiger partial charge in [0.2, 0.25) is 0 Å². The molecule has 1 aliphatic rings. The molecular weight excluding hydrogens is 386 g/mol. The summed E-state index contributed by atoms with van der Waals surface area (Å²) in [5.41, 5.74) is 4.86. The van der Waals surface area contributed by atoms with Crippen molar-refractivity contribution in [3.05, 3.63) is 94.8 Å². The molecule has 0 N–H and O–H groups in total. The third kappa shape index (κ3) is 4.78. The van der Waals surface area contributed by atoms with Crippen LogP contribution < -0.4 is 0 Å². The highest BCUT2D eigenvalue weighted by molar-refractivity contribution is 5.99. The number of ketones is 1. The van der Waals surface area contributed by atoms with Crippen molar-refractivity contribution in [1.29, 1.82) is 0 Å². The highest BCUT2D eigenvalue weighted by atomic mass is 16.2. The van der Waals surface area contributed by atoms with Gasteiger partial charge in [-0.3, -0.25) is 14.5 Å². The summed E-state index contributed by atoms with van der Waals surface area (Å²) in [7, 11) is 0. The van der Waals surface area contributed by atoms with E-state index in [4.69, 9.17) is 0 Å². The fourth-order valence-electron chi connectivity index (χ4n) is 4.25. The monoisotopic (exact) mass is 415 g/mol. The van der Waals surface area contributed by atoms with Crippen molar-refractivity contribution in [2.45, 2.75) is 20.4 Å². The molecule has 2 heterocycles. The number of rotatable bonds is 6. The molecule has 0 unspecified atom stereocenters. The van der Waals surface area contributed by atoms with Crippen molar-refractivity contribution in [3.8, 4) is 0 Å². The zero-order valence-corrected chi connectivity index (χ0v) is 18.3. The topological polar surface area (TPSA) is 45.6 Å². The van der Waals surface area contributed by atoms with E-state index < -0.39 is 0 Å². The number of hydrogen-bond donors (Lipinski definition) is 0. The highest BCUT2D eigenvalue weighted by Crippen LogP contribution is 2.19. The van der Waals surface area contributed by atoms with E-state index in [2.05, 4.69) is 28.5 Å². The lowest BCUT2D eigenvalue weighted by Gasteiger charge is -2.34. The van der Waals surface area contributed by atoms with Gasteiger partial charge in [-0.15, -0.1) is 0 Å². The second-order valence-corrected chi connectivity index (χ2v) is 8.21. The second-order valence-electron chi connectivity index (χ2n) is 8.21. The minimum Gasteiger partial charge on any atom is -0.344 e. The predicted octanol–water partition coefficient (Wildman–Crippen LogP) is 3.79. The van der Waals surface area contributed by atoms with Crippen molar-refractivity contribution in [2.24, 2.45) is 0 Å². The Morgan fingerprint density at radius 1 is 0.839 bits per heavy atom. The van der Waals surface area contributed by atoms with Crippen LogP contribution in [0, 0.1) is 13.8 Å². The van der Waals surface area contributed by atoms with E-state index in [0.29, 0.717) is 32.7 Å². The number of amides is 1. The molecule has 4 rings (SSSR count). The second kappa shape index (κ2) is 9.31. The Kier molecular flexibility index (Phi) is 6.33. The van der Waals surface area contributed by atoms with Crippen LogP contribution in [0.3, 0.4) is 0 Å². The van der Waals surface area contributed by atoms with Gasteiger partial charge in [-0.1, -0.05) is 48.5 Å². The van der Waals surface area contributed by atoms with Gasteiger partial charge in [0.25, 0.3) is 5.91 Å². The SMILES string of the molecule is Cc1cc(C(=O)CN2CCN(C(=O)c3ccccc3)CC2)c(C)n1Cc1ccccc1. The van der Waals surface area contributed by atoms with E-state index in [1.807, 2.05) is 66.4 Å². The predicted molar refractivity (Wildman–Crippen MR) is 123 cm³/mol. The van der Waals surface area contributed by atoms with Gasteiger partial charge < -0.3 is 9.47 Å². The summed E-state index contributed by atoms with van der Waals surface area (Å²) < 4.78 is 2.21. The fraction of sp³-hybridized carbons (Fsp3) is 0.308. The third-order valence-electron chi connectivity index (χ3n) is 6.11. The van der Waals surface area contributed by atoms with Crippen LogP contribution in [0.25, 0.3) is 0 Å². The van der Waals surface area contributed by atoms with Crippen LogP contribution in [-0.4, -0.2) is 58.8 Å². The lowest BCUT2D eigenvalue weighted by atomic mass is 10.1. The van der Waals surface area contributed by atoms with Crippen molar-refractivity contribution in [3.63, 3.8) is 0 Å². The lowest BCUT2D eigenvalue weighted by molar-refractivity contribution is 0.0624. The van der Waals surface area contributed by atoms with E-state index in [0.717, 1.165) is 29.1 Å². The molecule has 1 fully saturated rings. The molecule has 1 aliphatic heterocycles. The fourth-order valence-corrected chi connectivity index (χ4v) is 4.25. The van der Waals surface area contributed by atoms with Gasteiger partial charge in [0.1, 0.15) is 0 Å². The Hall–Kier alpha value is -3.18. The van der Waals surface area contributed by atoms with E-state index in [1.54, 1.807) is 0 Å². The quantitative estimate of drug-likeness (QED) is 0.576. The maximum atomic E-state index is 13.1. The largest absolute Gasteiger partial charge is 0.344 e. The molecule has 0 aliphatic carbocycles. The number of carbonyl (C=O) groups excluding carboxylic acids is 2. The van der Waals surface area contributed by atoms with Crippen molar-refractivity contribution < 1.29 is 9.59 Å². The normalized spacial score (nSPS) is 14.6. The average Bonchev–Trinajstić information content (AvgIpc) is 3.09. The zero-order valence-electron chi connectivity index (χ0n) is 18.3. The van der Waals surface area contributed by atoms with Crippen LogP contribution >= 0.6 is 0 Å². The van der Waals surface area contributed by atoms with Crippen LogP contribution in [0.5, 0.6) is 0 Å². The molecule has 0 bridgehead atoms. The van der Waals surface area contributed by atoms with E-state index in [9.17, 15) is 9.59 Å². The van der Waals surface area contributed by atoms with Crippen LogP contribution in [-0.2, 0) is 6.54 Å². The summed E-state index contributed by atoms with van der Waals surface area (Å²) in [6, 6.07) is 21.7. The first-order valence-corrected chi connectivity index (χ1v) is 10.8. The molecular formula is C26H29N3O2. The Bertz CT molecular complexity index is 1050. The number of benzene rings is 2. The summed E-state index contributed by atoms with van der Waals surface area (Å²) in [5, 5.41) is 0. The molecule has 0 radical (unpaired) electrons. The third-order valence-corrected chi connectivity index (χ3v) is 6.11. The summed E-state index contributed by atoms with van der Waals surface area (Å²) >= 11 is 0. The van der Waals surface area contributed by atoms with Crippen molar-refractivity contribution in [2.75, 3.05) is 32.7 Å². The molecule has 0 atom stereocenters. The first-order chi connectivity index (χ1) is 15.0. The van der Waals surface area contributed by atoms with Gasteiger partial charge in [0.05, 0.1) is 6.54 Å². The van der Waals surface area contributed by atoms with Crippen LogP contribution in [0.1, 0.15) is 37.7 Å². The number of hydrogen-bond acceptors (Lipinski definition) is 3. The summed E-state index contributed by atoms with van der Waals surface area (Å²) in [6.07, 6.45) is 0. The van der Waals surface area contributed by atoms with E-state index >= 15 is 0 Å². The number of carbonyl (C=O) groups is 2. The first-order valence-electron chi connectivity index (χ1n) is 10.8. The molecule has 31 heavy (non-hydrogen) atoms. The smallest absolute Gasteiger partial charge is 0.253 e. The van der Waals surface area contributed by atoms with Crippen LogP contribution in [0.2, 0.25) is 0 Å². The van der Waals surface area contributed by atoms with Crippen molar-refractivity contribution >= 4 is 11.7 Å². The molecule has 0 spiro atoms. The van der Waals surface area contributed by atoms with Gasteiger partial charge in [0.15, 0.2) is 5.78 Å². The molecule has 160 valence electrons. The molecule has 1 amide bonds. The lowest BCUT2D eigenvalue weighted by Crippen LogP contribution is -2.49. The van der Waals surface area contributed by atoms with Gasteiger partial charge in [-0.25, -0.2) is 0 Å². The zero-order chi connectivity index (χ0) is 21.8. The molecule has 5 heteroatoms. The maximum Gasteiger partial charge on any atom is 0.253 e. The van der Waals surface area contributed by atoms with Crippen molar-refractivity contribution in [1.82, 2.24) is 14.4 Å². The minimum absolute atomic E-state index is 0.0658. The molecule has 3 aromatic rings. The average molecular weight is 416 g/mol. The minimum atomic E-state index is 0.0658. The highest BCUT2D eigenvalue weighted by Gasteiger charge is 2.24. The van der Waals surface area contributed by atoms with Gasteiger partial charge >= 0.3 is 0 Å². The summed E-state index contributed by atoms with van der Waals surface area (Å²) in [6.45, 7) is 7.97. The number of piperazine rings is 1.